The second kappa shape index (κ2) is 13.3. The van der Waals surface area contributed by atoms with Crippen LogP contribution >= 0.6 is 11.6 Å². The first kappa shape index (κ1) is 27.5. The molecule has 0 atom stereocenters. The largest absolute Gasteiger partial charge is 0.495 e. The van der Waals surface area contributed by atoms with E-state index in [0.717, 1.165) is 57.0 Å². The second-order valence-electron chi connectivity index (χ2n) is 9.51. The molecule has 8 heteroatoms. The molecule has 1 fully saturated rings. The zero-order valence-corrected chi connectivity index (χ0v) is 22.8. The number of benzene rings is 3. The fraction of sp³-hybridized carbons (Fsp3) is 0.333. The van der Waals surface area contributed by atoms with Gasteiger partial charge in [0.2, 0.25) is 0 Å². The minimum atomic E-state index is -0.227. The van der Waals surface area contributed by atoms with Crippen LogP contribution in [0.4, 0.5) is 11.4 Å². The Morgan fingerprint density at radius 3 is 2.21 bits per heavy atom. The summed E-state index contributed by atoms with van der Waals surface area (Å²) in [5.41, 5.74) is 4.08. The number of aryl methyl sites for hydroxylation is 1. The molecular weight excluding hydrogens is 500 g/mol. The summed E-state index contributed by atoms with van der Waals surface area (Å²) in [7, 11) is 1.73. The monoisotopic (exact) mass is 534 g/mol. The van der Waals surface area contributed by atoms with Crippen molar-refractivity contribution in [3.05, 3.63) is 88.4 Å². The lowest BCUT2D eigenvalue weighted by molar-refractivity contribution is 0.0952. The first-order valence-corrected chi connectivity index (χ1v) is 13.4. The summed E-state index contributed by atoms with van der Waals surface area (Å²) in [6, 6.07) is 20.0. The van der Waals surface area contributed by atoms with Crippen LogP contribution in [0.25, 0.3) is 0 Å². The van der Waals surface area contributed by atoms with Gasteiger partial charge in [0.15, 0.2) is 0 Å². The van der Waals surface area contributed by atoms with Crippen LogP contribution in [0.1, 0.15) is 39.1 Å². The number of unbranched alkanes of at least 4 members (excludes halogenated alkanes) is 1. The Morgan fingerprint density at radius 1 is 0.868 bits per heavy atom. The van der Waals surface area contributed by atoms with Gasteiger partial charge >= 0.3 is 0 Å². The highest BCUT2D eigenvalue weighted by atomic mass is 35.5. The number of anilines is 2. The number of nitrogens with one attached hydrogen (secondary N) is 2. The molecule has 38 heavy (non-hydrogen) atoms. The Kier molecular flexibility index (Phi) is 9.62. The minimum absolute atomic E-state index is 0.110. The molecule has 2 N–H and O–H groups in total. The molecule has 1 saturated heterocycles. The van der Waals surface area contributed by atoms with Crippen molar-refractivity contribution in [2.75, 3.05) is 56.6 Å². The van der Waals surface area contributed by atoms with Gasteiger partial charge in [-0.05, 0) is 92.5 Å². The molecule has 200 valence electrons. The number of carbonyl (C=O) groups is 2. The van der Waals surface area contributed by atoms with Crippen LogP contribution in [0.5, 0.6) is 5.75 Å². The Morgan fingerprint density at radius 2 is 1.53 bits per heavy atom. The predicted molar refractivity (Wildman–Crippen MR) is 154 cm³/mol. The van der Waals surface area contributed by atoms with E-state index in [1.807, 2.05) is 0 Å². The van der Waals surface area contributed by atoms with E-state index in [2.05, 4.69) is 45.6 Å². The standard InChI is InChI=1S/C30H35ClN4O3/c1-22-5-14-27(28(21-22)38-2)35-19-17-34(18-20-35)16-4-3-15-32-29(36)23-8-12-26(13-9-23)33-30(37)24-6-10-25(31)11-7-24/h5-14,21H,3-4,15-20H2,1-2H3,(H,32,36)(H,33,37). The highest BCUT2D eigenvalue weighted by Crippen LogP contribution is 2.30. The summed E-state index contributed by atoms with van der Waals surface area (Å²) in [6.07, 6.45) is 1.96. The van der Waals surface area contributed by atoms with Crippen LogP contribution in [0.3, 0.4) is 0 Å². The topological polar surface area (TPSA) is 73.9 Å². The summed E-state index contributed by atoms with van der Waals surface area (Å²) in [5, 5.41) is 6.40. The van der Waals surface area contributed by atoms with E-state index in [9.17, 15) is 9.59 Å². The van der Waals surface area contributed by atoms with Crippen molar-refractivity contribution < 1.29 is 14.3 Å². The molecule has 2 amide bonds. The third-order valence-electron chi connectivity index (χ3n) is 6.75. The van der Waals surface area contributed by atoms with E-state index >= 15 is 0 Å². The van der Waals surface area contributed by atoms with E-state index in [-0.39, 0.29) is 11.8 Å². The van der Waals surface area contributed by atoms with E-state index in [4.69, 9.17) is 16.3 Å². The Bertz CT molecular complexity index is 1220. The predicted octanol–water partition coefficient (Wildman–Crippen LogP) is 5.24. The number of carbonyl (C=O) groups excluding carboxylic acids is 2. The maximum atomic E-state index is 12.5. The number of rotatable bonds is 10. The van der Waals surface area contributed by atoms with Gasteiger partial charge in [0.1, 0.15) is 5.75 Å². The van der Waals surface area contributed by atoms with Crippen molar-refractivity contribution in [3.63, 3.8) is 0 Å². The molecule has 3 aromatic rings. The lowest BCUT2D eigenvalue weighted by Crippen LogP contribution is -2.46. The number of ether oxygens (including phenoxy) is 1. The second-order valence-corrected chi connectivity index (χ2v) is 9.94. The molecule has 0 saturated carbocycles. The Hall–Kier alpha value is -3.55. The molecule has 0 radical (unpaired) electrons. The van der Waals surface area contributed by atoms with Gasteiger partial charge in [0.05, 0.1) is 12.8 Å². The summed E-state index contributed by atoms with van der Waals surface area (Å²) in [4.78, 5) is 29.7. The third-order valence-corrected chi connectivity index (χ3v) is 7.00. The van der Waals surface area contributed by atoms with Gasteiger partial charge in [0, 0.05) is 54.6 Å². The Labute approximate surface area is 229 Å². The van der Waals surface area contributed by atoms with E-state index in [0.29, 0.717) is 28.4 Å². The smallest absolute Gasteiger partial charge is 0.255 e. The SMILES string of the molecule is COc1cc(C)ccc1N1CCN(CCCCNC(=O)c2ccc(NC(=O)c3ccc(Cl)cc3)cc2)CC1. The van der Waals surface area contributed by atoms with Crippen molar-refractivity contribution in [2.45, 2.75) is 19.8 Å². The van der Waals surface area contributed by atoms with Crippen LogP contribution in [-0.4, -0.2) is 63.1 Å². The van der Waals surface area contributed by atoms with Crippen molar-refractivity contribution in [3.8, 4) is 5.75 Å². The number of piperazine rings is 1. The maximum Gasteiger partial charge on any atom is 0.255 e. The molecule has 1 heterocycles. The minimum Gasteiger partial charge on any atom is -0.495 e. The number of nitrogens with zero attached hydrogens (tertiary/aromatic N) is 2. The van der Waals surface area contributed by atoms with E-state index < -0.39 is 0 Å². The highest BCUT2D eigenvalue weighted by molar-refractivity contribution is 6.30. The molecule has 7 nitrogen and oxygen atoms in total. The normalized spacial score (nSPS) is 13.7. The zero-order valence-electron chi connectivity index (χ0n) is 22.0. The number of hydrogen-bond donors (Lipinski definition) is 2. The van der Waals surface area contributed by atoms with E-state index in [1.165, 1.54) is 5.56 Å². The van der Waals surface area contributed by atoms with Crippen molar-refractivity contribution in [1.29, 1.82) is 0 Å². The van der Waals surface area contributed by atoms with Crippen molar-refractivity contribution in [1.82, 2.24) is 10.2 Å². The molecule has 0 aliphatic carbocycles. The first-order chi connectivity index (χ1) is 18.4. The molecular formula is C30H35ClN4O3. The van der Waals surface area contributed by atoms with Crippen LogP contribution in [0, 0.1) is 6.92 Å². The summed E-state index contributed by atoms with van der Waals surface area (Å²) >= 11 is 5.87. The number of hydrogen-bond acceptors (Lipinski definition) is 5. The fourth-order valence-corrected chi connectivity index (χ4v) is 4.66. The maximum absolute atomic E-state index is 12.5. The number of methoxy groups -OCH3 is 1. The molecule has 0 aromatic heterocycles. The summed E-state index contributed by atoms with van der Waals surface area (Å²) < 4.78 is 5.58. The molecule has 4 rings (SSSR count). The quantitative estimate of drug-likeness (QED) is 0.348. The van der Waals surface area contributed by atoms with Crippen molar-refractivity contribution in [2.24, 2.45) is 0 Å². The third kappa shape index (κ3) is 7.49. The fourth-order valence-electron chi connectivity index (χ4n) is 4.53. The molecule has 0 spiro atoms. The van der Waals surface area contributed by atoms with Gasteiger partial charge in [-0.2, -0.15) is 0 Å². The summed E-state index contributed by atoms with van der Waals surface area (Å²) in [6.45, 7) is 7.73. The first-order valence-electron chi connectivity index (χ1n) is 13.0. The van der Waals surface area contributed by atoms with Crippen LogP contribution in [0.2, 0.25) is 5.02 Å². The number of amides is 2. The summed E-state index contributed by atoms with van der Waals surface area (Å²) in [5.74, 6) is 0.600. The molecule has 1 aliphatic heterocycles. The van der Waals surface area contributed by atoms with Crippen LogP contribution in [-0.2, 0) is 0 Å². The van der Waals surface area contributed by atoms with Gasteiger partial charge < -0.3 is 20.3 Å². The number of halogens is 1. The lowest BCUT2D eigenvalue weighted by Gasteiger charge is -2.36. The average Bonchev–Trinajstić information content (AvgIpc) is 2.94. The van der Waals surface area contributed by atoms with Crippen molar-refractivity contribution >= 4 is 34.8 Å². The molecule has 0 bridgehead atoms. The van der Waals surface area contributed by atoms with Crippen LogP contribution < -0.4 is 20.3 Å². The molecule has 1 aliphatic rings. The van der Waals surface area contributed by atoms with Gasteiger partial charge in [0.25, 0.3) is 11.8 Å². The zero-order chi connectivity index (χ0) is 26.9. The lowest BCUT2D eigenvalue weighted by atomic mass is 10.1. The van der Waals surface area contributed by atoms with Crippen LogP contribution in [0.15, 0.2) is 66.7 Å². The van der Waals surface area contributed by atoms with Gasteiger partial charge in [-0.25, -0.2) is 0 Å². The molecule has 0 unspecified atom stereocenters. The molecule has 3 aromatic carbocycles. The average molecular weight is 535 g/mol. The van der Waals surface area contributed by atoms with Gasteiger partial charge in [-0.1, -0.05) is 17.7 Å². The van der Waals surface area contributed by atoms with Gasteiger partial charge in [-0.15, -0.1) is 0 Å². The van der Waals surface area contributed by atoms with E-state index in [1.54, 1.807) is 55.6 Å². The van der Waals surface area contributed by atoms with Gasteiger partial charge in [-0.3, -0.25) is 14.5 Å². The Balaban J connectivity index is 1.13. The highest BCUT2D eigenvalue weighted by Gasteiger charge is 2.19.